The van der Waals surface area contributed by atoms with E-state index in [4.69, 9.17) is 4.74 Å². The van der Waals surface area contributed by atoms with Gasteiger partial charge in [-0.2, -0.15) is 0 Å². The van der Waals surface area contributed by atoms with Gasteiger partial charge in [0.15, 0.2) is 0 Å². The summed E-state index contributed by atoms with van der Waals surface area (Å²) in [6, 6.07) is 0. The van der Waals surface area contributed by atoms with Crippen molar-refractivity contribution in [2.24, 2.45) is 17.3 Å². The van der Waals surface area contributed by atoms with Crippen LogP contribution < -0.4 is 0 Å². The lowest BCUT2D eigenvalue weighted by atomic mass is 9.73. The third kappa shape index (κ3) is 7.45. The summed E-state index contributed by atoms with van der Waals surface area (Å²) >= 11 is 1.56. The fourth-order valence-corrected chi connectivity index (χ4v) is 4.62. The summed E-state index contributed by atoms with van der Waals surface area (Å²) in [5.74, 6) is -1.77. The molecule has 0 radical (unpaired) electrons. The molecule has 0 aliphatic carbocycles. The molecule has 0 bridgehead atoms. The fraction of sp³-hybridized carbons (Fsp3) is 0.593. The molecule has 1 aromatic heterocycles. The molecule has 5 atom stereocenters. The average Bonchev–Trinajstić information content (AvgIpc) is 3.18. The number of aliphatic hydroxyl groups is 2. The van der Waals surface area contributed by atoms with Gasteiger partial charge in [0.2, 0.25) is 0 Å². The van der Waals surface area contributed by atoms with Crippen molar-refractivity contribution in [2.75, 3.05) is 0 Å². The van der Waals surface area contributed by atoms with Gasteiger partial charge in [-0.25, -0.2) is 4.98 Å². The molecule has 2 rings (SSSR count). The topological polar surface area (TPSA) is 96.7 Å². The van der Waals surface area contributed by atoms with Crippen LogP contribution in [0.25, 0.3) is 6.08 Å². The predicted molar refractivity (Wildman–Crippen MR) is 136 cm³/mol. The number of ether oxygens (including phenoxy) is 1. The van der Waals surface area contributed by atoms with Gasteiger partial charge in [-0.05, 0) is 38.8 Å². The van der Waals surface area contributed by atoms with Crippen LogP contribution in [0.3, 0.4) is 0 Å². The van der Waals surface area contributed by atoms with E-state index in [0.717, 1.165) is 21.8 Å². The molecule has 0 fully saturated rings. The average molecular weight is 490 g/mol. The molecule has 1 aliphatic rings. The highest BCUT2D eigenvalue weighted by Crippen LogP contribution is 2.31. The molecule has 0 saturated carbocycles. The number of hydrogen-bond acceptors (Lipinski definition) is 7. The minimum atomic E-state index is -1.23. The fourth-order valence-electron chi connectivity index (χ4n) is 4.05. The van der Waals surface area contributed by atoms with E-state index in [2.05, 4.69) is 4.98 Å². The zero-order chi connectivity index (χ0) is 25.6. The third-order valence-corrected chi connectivity index (χ3v) is 7.44. The van der Waals surface area contributed by atoms with Gasteiger partial charge in [0, 0.05) is 23.6 Å². The Morgan fingerprint density at radius 2 is 1.91 bits per heavy atom. The van der Waals surface area contributed by atoms with Crippen molar-refractivity contribution in [1.82, 2.24) is 4.98 Å². The summed E-state index contributed by atoms with van der Waals surface area (Å²) in [5, 5.41) is 24.4. The quantitative estimate of drug-likeness (QED) is 0.446. The van der Waals surface area contributed by atoms with Gasteiger partial charge in [-0.15, -0.1) is 11.3 Å². The number of carbonyl (C=O) groups excluding carboxylic acids is 2. The maximum atomic E-state index is 13.1. The Morgan fingerprint density at radius 3 is 2.53 bits per heavy atom. The van der Waals surface area contributed by atoms with Crippen LogP contribution in [0.1, 0.15) is 71.5 Å². The smallest absolute Gasteiger partial charge is 0.309 e. The third-order valence-electron chi connectivity index (χ3n) is 6.65. The number of hydrogen-bond donors (Lipinski definition) is 2. The molecule has 188 valence electrons. The Bertz CT molecular complexity index is 958. The highest BCUT2D eigenvalue weighted by molar-refractivity contribution is 7.09. The molecule has 1 aromatic rings. The first-order valence-electron chi connectivity index (χ1n) is 11.9. The molecule has 0 saturated heterocycles. The van der Waals surface area contributed by atoms with Crippen molar-refractivity contribution in [2.45, 2.75) is 86.0 Å². The van der Waals surface area contributed by atoms with Gasteiger partial charge in [-0.1, -0.05) is 51.5 Å². The Hall–Kier alpha value is -2.09. The second-order valence-corrected chi connectivity index (χ2v) is 11.1. The van der Waals surface area contributed by atoms with E-state index in [1.165, 1.54) is 0 Å². The van der Waals surface area contributed by atoms with Crippen molar-refractivity contribution in [1.29, 1.82) is 0 Å². The van der Waals surface area contributed by atoms with Crippen LogP contribution in [-0.4, -0.2) is 45.3 Å². The number of thiazole rings is 1. The van der Waals surface area contributed by atoms with E-state index in [-0.39, 0.29) is 18.1 Å². The zero-order valence-electron chi connectivity index (χ0n) is 21.4. The molecule has 7 heteroatoms. The molecule has 0 amide bonds. The second kappa shape index (κ2) is 12.0. The second-order valence-electron chi connectivity index (χ2n) is 10.0. The number of ketones is 1. The van der Waals surface area contributed by atoms with Crippen LogP contribution in [0.15, 0.2) is 34.8 Å². The predicted octanol–water partition coefficient (Wildman–Crippen LogP) is 5.04. The maximum absolute atomic E-state index is 13.1. The van der Waals surface area contributed by atoms with Crippen molar-refractivity contribution in [3.63, 3.8) is 0 Å². The van der Waals surface area contributed by atoms with E-state index in [1.807, 2.05) is 57.4 Å². The number of Topliss-reactive ketones (excluding diaryl/α,β-unsaturated/α-hetero) is 1. The normalized spacial score (nSPS) is 32.6. The highest BCUT2D eigenvalue weighted by Gasteiger charge is 2.42. The summed E-state index contributed by atoms with van der Waals surface area (Å²) in [6.45, 7) is 12.6. The van der Waals surface area contributed by atoms with Crippen molar-refractivity contribution in [3.05, 3.63) is 45.5 Å². The SMILES string of the molecule is C/C1=C/CC(/C(C)=C\c2csc(C)n2)OC(=O)C[C@H](O)C(C)(C)C(=O)C(C)C(O)C(C)/C=C/C1. The van der Waals surface area contributed by atoms with E-state index >= 15 is 0 Å². The molecule has 2 N–H and O–H groups in total. The summed E-state index contributed by atoms with van der Waals surface area (Å²) in [6.07, 6.45) is 6.13. The van der Waals surface area contributed by atoms with Crippen LogP contribution in [0.5, 0.6) is 0 Å². The molecule has 1 aliphatic heterocycles. The standard InChI is InChI=1S/C27H39NO5S/c1-16-9-8-10-17(2)25(31)19(4)26(32)27(6,7)23(29)14-24(30)33-22(12-11-16)18(3)13-21-15-34-20(5)28-21/h8,10-11,13,15,17,19,22-23,25,29,31H,9,12,14H2,1-7H3/b10-8+,16-11-,18-13-/t17?,19?,22?,23-,25?/m0/s1. The van der Waals surface area contributed by atoms with Gasteiger partial charge in [0.25, 0.3) is 0 Å². The number of esters is 1. The number of carbonyl (C=O) groups is 2. The number of aromatic nitrogens is 1. The summed E-state index contributed by atoms with van der Waals surface area (Å²) in [5.41, 5.74) is 1.57. The van der Waals surface area contributed by atoms with Crippen molar-refractivity contribution in [3.8, 4) is 0 Å². The van der Waals surface area contributed by atoms with Crippen LogP contribution in [-0.2, 0) is 14.3 Å². The van der Waals surface area contributed by atoms with Crippen LogP contribution in [0.2, 0.25) is 0 Å². The van der Waals surface area contributed by atoms with E-state index < -0.39 is 35.6 Å². The van der Waals surface area contributed by atoms with Gasteiger partial charge in [0.05, 0.1) is 34.7 Å². The summed E-state index contributed by atoms with van der Waals surface area (Å²) < 4.78 is 5.79. The molecular formula is C27H39NO5S. The van der Waals surface area contributed by atoms with Crippen LogP contribution in [0, 0.1) is 24.2 Å². The van der Waals surface area contributed by atoms with Gasteiger partial charge in [0.1, 0.15) is 11.9 Å². The molecule has 6 nitrogen and oxygen atoms in total. The van der Waals surface area contributed by atoms with E-state index in [1.54, 1.807) is 32.1 Å². The zero-order valence-corrected chi connectivity index (χ0v) is 22.2. The lowest BCUT2D eigenvalue weighted by molar-refractivity contribution is -0.154. The number of rotatable bonds is 2. The van der Waals surface area contributed by atoms with Gasteiger partial charge in [-0.3, -0.25) is 9.59 Å². The van der Waals surface area contributed by atoms with Gasteiger partial charge < -0.3 is 14.9 Å². The molecule has 0 spiro atoms. The molecule has 34 heavy (non-hydrogen) atoms. The Morgan fingerprint density at radius 1 is 1.24 bits per heavy atom. The number of allylic oxidation sites excluding steroid dienone is 2. The van der Waals surface area contributed by atoms with E-state index in [9.17, 15) is 19.8 Å². The molecule has 0 aromatic carbocycles. The summed E-state index contributed by atoms with van der Waals surface area (Å²) in [7, 11) is 0. The van der Waals surface area contributed by atoms with E-state index in [0.29, 0.717) is 12.8 Å². The molecule has 4 unspecified atom stereocenters. The molecular weight excluding hydrogens is 450 g/mol. The minimum Gasteiger partial charge on any atom is -0.457 e. The number of cyclic esters (lactones) is 1. The largest absolute Gasteiger partial charge is 0.457 e. The number of nitrogens with zero attached hydrogens (tertiary/aromatic N) is 1. The first-order valence-corrected chi connectivity index (χ1v) is 12.7. The first-order chi connectivity index (χ1) is 15.8. The number of aliphatic hydroxyl groups excluding tert-OH is 2. The van der Waals surface area contributed by atoms with Crippen molar-refractivity contribution < 1.29 is 24.5 Å². The monoisotopic (exact) mass is 489 g/mol. The van der Waals surface area contributed by atoms with Crippen LogP contribution in [0.4, 0.5) is 0 Å². The minimum absolute atomic E-state index is 0.225. The Labute approximate surface area is 207 Å². The Kier molecular flexibility index (Phi) is 9.97. The maximum Gasteiger partial charge on any atom is 0.309 e. The lowest BCUT2D eigenvalue weighted by Crippen LogP contribution is -2.45. The molecule has 2 heterocycles. The Balaban J connectivity index is 2.37. The lowest BCUT2D eigenvalue weighted by Gasteiger charge is -2.34. The summed E-state index contributed by atoms with van der Waals surface area (Å²) in [4.78, 5) is 30.4. The van der Waals surface area contributed by atoms with Gasteiger partial charge >= 0.3 is 5.97 Å². The first kappa shape index (κ1) is 28.1. The number of aryl methyl sites for hydroxylation is 1. The van der Waals surface area contributed by atoms with Crippen LogP contribution >= 0.6 is 11.3 Å². The highest BCUT2D eigenvalue weighted by atomic mass is 32.1. The van der Waals surface area contributed by atoms with Crippen molar-refractivity contribution >= 4 is 29.2 Å².